The minimum absolute atomic E-state index is 0.00573. The van der Waals surface area contributed by atoms with Crippen molar-refractivity contribution in [3.05, 3.63) is 24.0 Å². The predicted octanol–water partition coefficient (Wildman–Crippen LogP) is 2.12. The van der Waals surface area contributed by atoms with Gasteiger partial charge in [0.05, 0.1) is 0 Å². The summed E-state index contributed by atoms with van der Waals surface area (Å²) >= 11 is 0. The summed E-state index contributed by atoms with van der Waals surface area (Å²) in [6.45, 7) is 7.55. The molecule has 21 heavy (non-hydrogen) atoms. The molecule has 0 saturated carbocycles. The predicted molar refractivity (Wildman–Crippen MR) is 85.6 cm³/mol. The van der Waals surface area contributed by atoms with Crippen molar-refractivity contribution in [3.8, 4) is 0 Å². The molecule has 1 amide bonds. The van der Waals surface area contributed by atoms with Crippen LogP contribution in [-0.4, -0.2) is 48.0 Å². The molecule has 2 heterocycles. The average Bonchev–Trinajstić information content (AvgIpc) is 2.77. The summed E-state index contributed by atoms with van der Waals surface area (Å²) < 4.78 is 0. The number of hydrogen-bond donors (Lipinski definition) is 2. The molecular weight excluding hydrogens is 264 g/mol. The van der Waals surface area contributed by atoms with E-state index in [1.165, 1.54) is 6.42 Å². The second-order valence-electron chi connectivity index (χ2n) is 5.43. The van der Waals surface area contributed by atoms with Gasteiger partial charge < -0.3 is 15.5 Å². The minimum Gasteiger partial charge on any atom is -0.382 e. The van der Waals surface area contributed by atoms with Crippen LogP contribution in [-0.2, 0) is 0 Å². The number of carbonyl (C=O) groups excluding carboxylic acids is 1. The second kappa shape index (κ2) is 7.98. The molecule has 1 atom stereocenters. The van der Waals surface area contributed by atoms with E-state index in [9.17, 15) is 4.79 Å². The van der Waals surface area contributed by atoms with Crippen LogP contribution in [0.4, 0.5) is 5.69 Å². The molecule has 5 heteroatoms. The Morgan fingerprint density at radius 2 is 2.19 bits per heavy atom. The van der Waals surface area contributed by atoms with Crippen molar-refractivity contribution in [2.24, 2.45) is 0 Å². The number of nitrogens with zero attached hydrogens (tertiary/aromatic N) is 2. The summed E-state index contributed by atoms with van der Waals surface area (Å²) in [7, 11) is 0. The van der Waals surface area contributed by atoms with Crippen LogP contribution < -0.4 is 10.6 Å². The lowest BCUT2D eigenvalue weighted by Crippen LogP contribution is -2.31. The monoisotopic (exact) mass is 290 g/mol. The Morgan fingerprint density at radius 1 is 1.38 bits per heavy atom. The standard InChI is InChI=1S/C16H26N4O/c1-3-20(4-2)16(21)15-12-14(8-11-18-15)19-13-6-5-9-17-10-7-13/h8,11-13,17H,3-7,9-10H2,1-2H3,(H,18,19). The number of anilines is 1. The summed E-state index contributed by atoms with van der Waals surface area (Å²) in [5.74, 6) is 0.00573. The maximum Gasteiger partial charge on any atom is 0.272 e. The van der Waals surface area contributed by atoms with E-state index < -0.39 is 0 Å². The van der Waals surface area contributed by atoms with Crippen molar-refractivity contribution >= 4 is 11.6 Å². The third kappa shape index (κ3) is 4.43. The third-order valence-electron chi connectivity index (χ3n) is 3.98. The molecule has 1 fully saturated rings. The Hall–Kier alpha value is -1.62. The van der Waals surface area contributed by atoms with Crippen LogP contribution in [0.15, 0.2) is 18.3 Å². The number of aromatic nitrogens is 1. The topological polar surface area (TPSA) is 57.3 Å². The van der Waals surface area contributed by atoms with Crippen LogP contribution in [0.1, 0.15) is 43.6 Å². The van der Waals surface area contributed by atoms with E-state index in [-0.39, 0.29) is 5.91 Å². The molecular formula is C16H26N4O. The first-order valence-electron chi connectivity index (χ1n) is 7.97. The molecule has 1 saturated heterocycles. The Bertz CT molecular complexity index is 451. The molecule has 0 bridgehead atoms. The average molecular weight is 290 g/mol. The van der Waals surface area contributed by atoms with E-state index in [0.717, 1.165) is 31.6 Å². The number of nitrogens with one attached hydrogen (secondary N) is 2. The molecule has 116 valence electrons. The zero-order valence-electron chi connectivity index (χ0n) is 13.1. The van der Waals surface area contributed by atoms with Crippen LogP contribution in [0.2, 0.25) is 0 Å². The summed E-state index contributed by atoms with van der Waals surface area (Å²) in [5, 5.41) is 6.95. The van der Waals surface area contributed by atoms with Crippen LogP contribution in [0.25, 0.3) is 0 Å². The van der Waals surface area contributed by atoms with Gasteiger partial charge in [0.15, 0.2) is 0 Å². The molecule has 1 aliphatic heterocycles. The first-order chi connectivity index (χ1) is 10.2. The number of hydrogen-bond acceptors (Lipinski definition) is 4. The van der Waals surface area contributed by atoms with Gasteiger partial charge in [-0.2, -0.15) is 0 Å². The fraction of sp³-hybridized carbons (Fsp3) is 0.625. The summed E-state index contributed by atoms with van der Waals surface area (Å²) in [4.78, 5) is 18.3. The van der Waals surface area contributed by atoms with Gasteiger partial charge in [-0.3, -0.25) is 9.78 Å². The third-order valence-corrected chi connectivity index (χ3v) is 3.98. The van der Waals surface area contributed by atoms with Gasteiger partial charge in [0.1, 0.15) is 5.69 Å². The zero-order chi connectivity index (χ0) is 15.1. The van der Waals surface area contributed by atoms with Crippen LogP contribution in [0.3, 0.4) is 0 Å². The van der Waals surface area contributed by atoms with Gasteiger partial charge in [-0.05, 0) is 58.3 Å². The zero-order valence-corrected chi connectivity index (χ0v) is 13.1. The fourth-order valence-electron chi connectivity index (χ4n) is 2.71. The van der Waals surface area contributed by atoms with Crippen molar-refractivity contribution in [1.29, 1.82) is 0 Å². The Labute approximate surface area is 127 Å². The van der Waals surface area contributed by atoms with Crippen molar-refractivity contribution in [2.75, 3.05) is 31.5 Å². The molecule has 0 spiro atoms. The van der Waals surface area contributed by atoms with Crippen molar-refractivity contribution in [3.63, 3.8) is 0 Å². The molecule has 1 unspecified atom stereocenters. The fourth-order valence-corrected chi connectivity index (χ4v) is 2.71. The van der Waals surface area contributed by atoms with Gasteiger partial charge in [-0.25, -0.2) is 0 Å². The molecule has 5 nitrogen and oxygen atoms in total. The van der Waals surface area contributed by atoms with Crippen LogP contribution >= 0.6 is 0 Å². The van der Waals surface area contributed by atoms with E-state index in [0.29, 0.717) is 24.8 Å². The normalized spacial score (nSPS) is 18.9. The Morgan fingerprint density at radius 3 is 2.95 bits per heavy atom. The highest BCUT2D eigenvalue weighted by Crippen LogP contribution is 2.15. The molecule has 2 N–H and O–H groups in total. The van der Waals surface area contributed by atoms with E-state index >= 15 is 0 Å². The molecule has 1 aliphatic rings. The highest BCUT2D eigenvalue weighted by molar-refractivity contribution is 5.93. The number of rotatable bonds is 5. The van der Waals surface area contributed by atoms with Crippen molar-refractivity contribution in [1.82, 2.24) is 15.2 Å². The second-order valence-corrected chi connectivity index (χ2v) is 5.43. The lowest BCUT2D eigenvalue weighted by molar-refractivity contribution is 0.0767. The molecule has 0 radical (unpaired) electrons. The van der Waals surface area contributed by atoms with Gasteiger partial charge in [-0.15, -0.1) is 0 Å². The van der Waals surface area contributed by atoms with Gasteiger partial charge in [0.25, 0.3) is 5.91 Å². The first kappa shape index (κ1) is 15.8. The van der Waals surface area contributed by atoms with Gasteiger partial charge in [0, 0.05) is 31.0 Å². The highest BCUT2D eigenvalue weighted by Gasteiger charge is 2.16. The minimum atomic E-state index is 0.00573. The molecule has 0 aromatic carbocycles. The Balaban J connectivity index is 2.04. The summed E-state index contributed by atoms with van der Waals surface area (Å²) in [5.41, 5.74) is 1.52. The number of pyridine rings is 1. The van der Waals surface area contributed by atoms with E-state index in [1.54, 1.807) is 11.1 Å². The lowest BCUT2D eigenvalue weighted by atomic mass is 10.1. The van der Waals surface area contributed by atoms with Gasteiger partial charge in [-0.1, -0.05) is 0 Å². The van der Waals surface area contributed by atoms with Crippen LogP contribution in [0, 0.1) is 0 Å². The maximum atomic E-state index is 12.3. The molecule has 0 aliphatic carbocycles. The van der Waals surface area contributed by atoms with Crippen molar-refractivity contribution in [2.45, 2.75) is 39.2 Å². The molecule has 2 rings (SSSR count). The maximum absolute atomic E-state index is 12.3. The smallest absolute Gasteiger partial charge is 0.272 e. The molecule has 1 aromatic heterocycles. The van der Waals surface area contributed by atoms with Crippen molar-refractivity contribution < 1.29 is 4.79 Å². The Kier molecular flexibility index (Phi) is 5.99. The van der Waals surface area contributed by atoms with E-state index in [4.69, 9.17) is 0 Å². The van der Waals surface area contributed by atoms with Gasteiger partial charge in [0.2, 0.25) is 0 Å². The summed E-state index contributed by atoms with van der Waals surface area (Å²) in [6.07, 6.45) is 5.18. The molecule has 1 aromatic rings. The number of amides is 1. The quantitative estimate of drug-likeness (QED) is 0.872. The SMILES string of the molecule is CCN(CC)C(=O)c1cc(NC2CCCNCC2)ccn1. The number of carbonyl (C=O) groups is 1. The lowest BCUT2D eigenvalue weighted by Gasteiger charge is -2.20. The van der Waals surface area contributed by atoms with E-state index in [1.807, 2.05) is 26.0 Å². The van der Waals surface area contributed by atoms with Crippen LogP contribution in [0.5, 0.6) is 0 Å². The largest absolute Gasteiger partial charge is 0.382 e. The first-order valence-corrected chi connectivity index (χ1v) is 7.97. The highest BCUT2D eigenvalue weighted by atomic mass is 16.2. The summed E-state index contributed by atoms with van der Waals surface area (Å²) in [6, 6.07) is 4.29. The van der Waals surface area contributed by atoms with Gasteiger partial charge >= 0.3 is 0 Å². The van der Waals surface area contributed by atoms with E-state index in [2.05, 4.69) is 15.6 Å².